The largest absolute Gasteiger partial charge is 0.351 e. The fourth-order valence-electron chi connectivity index (χ4n) is 2.44. The molecule has 0 saturated heterocycles. The summed E-state index contributed by atoms with van der Waals surface area (Å²) in [7, 11) is 2.03. The van der Waals surface area contributed by atoms with E-state index in [1.807, 2.05) is 13.2 Å². The van der Waals surface area contributed by atoms with Crippen molar-refractivity contribution >= 4 is 32.5 Å². The summed E-state index contributed by atoms with van der Waals surface area (Å²) in [6, 6.07) is 13.1. The van der Waals surface area contributed by atoms with Gasteiger partial charge in [-0.3, -0.25) is 0 Å². The Morgan fingerprint density at radius 2 is 2.00 bits per heavy atom. The Hall–Kier alpha value is -2.20. The number of fused-ring (bicyclic) bond motifs is 2. The number of thiazole rings is 1. The smallest absolute Gasteiger partial charge is 0.124 e. The standard InChI is InChI=1S/C16H11FN2S/c1-19-7-6-10-8-11(2-5-14(10)19)16-18-13-4-3-12(17)9-15(13)20-16/h2-9H,1H3. The number of aromatic nitrogens is 2. The number of rotatable bonds is 1. The van der Waals surface area contributed by atoms with Gasteiger partial charge in [-0.2, -0.15) is 0 Å². The van der Waals surface area contributed by atoms with Crippen molar-refractivity contribution in [3.63, 3.8) is 0 Å². The van der Waals surface area contributed by atoms with E-state index in [0.717, 1.165) is 20.8 Å². The van der Waals surface area contributed by atoms with Crippen molar-refractivity contribution in [1.29, 1.82) is 0 Å². The first-order valence-electron chi connectivity index (χ1n) is 6.32. The Labute approximate surface area is 119 Å². The van der Waals surface area contributed by atoms with Crippen LogP contribution in [0.5, 0.6) is 0 Å². The van der Waals surface area contributed by atoms with Crippen LogP contribution in [-0.2, 0) is 7.05 Å². The molecule has 0 aliphatic carbocycles. The summed E-state index contributed by atoms with van der Waals surface area (Å²) >= 11 is 1.52. The molecule has 2 aromatic heterocycles. The second-order valence-electron chi connectivity index (χ2n) is 4.83. The summed E-state index contributed by atoms with van der Waals surface area (Å²) in [5.41, 5.74) is 3.12. The topological polar surface area (TPSA) is 17.8 Å². The van der Waals surface area contributed by atoms with E-state index in [9.17, 15) is 4.39 Å². The van der Waals surface area contributed by atoms with E-state index in [2.05, 4.69) is 33.8 Å². The van der Waals surface area contributed by atoms with E-state index in [1.165, 1.54) is 34.4 Å². The first-order valence-corrected chi connectivity index (χ1v) is 7.14. The fraction of sp³-hybridized carbons (Fsp3) is 0.0625. The molecule has 2 nitrogen and oxygen atoms in total. The molecule has 0 fully saturated rings. The lowest BCUT2D eigenvalue weighted by molar-refractivity contribution is 0.630. The minimum atomic E-state index is -0.216. The maximum absolute atomic E-state index is 13.2. The molecular formula is C16H11FN2S. The predicted molar refractivity (Wildman–Crippen MR) is 81.5 cm³/mol. The third kappa shape index (κ3) is 1.72. The third-order valence-corrected chi connectivity index (χ3v) is 4.55. The number of benzene rings is 2. The van der Waals surface area contributed by atoms with Crippen LogP contribution < -0.4 is 0 Å². The van der Waals surface area contributed by atoms with Crippen molar-refractivity contribution in [3.8, 4) is 10.6 Å². The average molecular weight is 282 g/mol. The van der Waals surface area contributed by atoms with Crippen LogP contribution >= 0.6 is 11.3 Å². The van der Waals surface area contributed by atoms with Crippen LogP contribution in [0.4, 0.5) is 4.39 Å². The van der Waals surface area contributed by atoms with Gasteiger partial charge in [0.1, 0.15) is 10.8 Å². The van der Waals surface area contributed by atoms with Crippen molar-refractivity contribution < 1.29 is 4.39 Å². The van der Waals surface area contributed by atoms with Crippen molar-refractivity contribution in [1.82, 2.24) is 9.55 Å². The Morgan fingerprint density at radius 1 is 1.10 bits per heavy atom. The van der Waals surface area contributed by atoms with Gasteiger partial charge in [0, 0.05) is 29.7 Å². The first-order chi connectivity index (χ1) is 9.70. The van der Waals surface area contributed by atoms with Crippen LogP contribution in [0, 0.1) is 5.82 Å². The van der Waals surface area contributed by atoms with E-state index < -0.39 is 0 Å². The number of nitrogens with zero attached hydrogens (tertiary/aromatic N) is 2. The highest BCUT2D eigenvalue weighted by Crippen LogP contribution is 2.32. The van der Waals surface area contributed by atoms with Gasteiger partial charge < -0.3 is 4.57 Å². The number of hydrogen-bond donors (Lipinski definition) is 0. The van der Waals surface area contributed by atoms with Gasteiger partial charge in [0.25, 0.3) is 0 Å². The van der Waals surface area contributed by atoms with Crippen molar-refractivity contribution in [2.75, 3.05) is 0 Å². The van der Waals surface area contributed by atoms with Crippen LogP contribution in [0.15, 0.2) is 48.7 Å². The van der Waals surface area contributed by atoms with Crippen molar-refractivity contribution in [2.24, 2.45) is 7.05 Å². The zero-order valence-electron chi connectivity index (χ0n) is 10.8. The Balaban J connectivity index is 1.91. The van der Waals surface area contributed by atoms with E-state index in [1.54, 1.807) is 6.07 Å². The molecule has 0 unspecified atom stereocenters. The van der Waals surface area contributed by atoms with Gasteiger partial charge in [-0.25, -0.2) is 9.37 Å². The highest BCUT2D eigenvalue weighted by atomic mass is 32.1. The predicted octanol–water partition coefficient (Wildman–Crippen LogP) is 4.59. The van der Waals surface area contributed by atoms with E-state index in [-0.39, 0.29) is 5.82 Å². The zero-order chi connectivity index (χ0) is 13.7. The molecule has 4 aromatic rings. The maximum Gasteiger partial charge on any atom is 0.124 e. The number of hydrogen-bond acceptors (Lipinski definition) is 2. The highest BCUT2D eigenvalue weighted by molar-refractivity contribution is 7.21. The van der Waals surface area contributed by atoms with Crippen LogP contribution in [0.1, 0.15) is 0 Å². The van der Waals surface area contributed by atoms with Crippen LogP contribution in [0.2, 0.25) is 0 Å². The second kappa shape index (κ2) is 4.15. The summed E-state index contributed by atoms with van der Waals surface area (Å²) < 4.78 is 16.2. The zero-order valence-corrected chi connectivity index (χ0v) is 11.6. The van der Waals surface area contributed by atoms with Crippen LogP contribution in [0.25, 0.3) is 31.7 Å². The van der Waals surface area contributed by atoms with Gasteiger partial charge in [-0.1, -0.05) is 0 Å². The third-order valence-electron chi connectivity index (χ3n) is 3.48. The number of aryl methyl sites for hydroxylation is 1. The lowest BCUT2D eigenvalue weighted by atomic mass is 10.1. The second-order valence-corrected chi connectivity index (χ2v) is 5.86. The molecule has 4 heteroatoms. The molecule has 2 heterocycles. The Bertz CT molecular complexity index is 936. The lowest BCUT2D eigenvalue weighted by Crippen LogP contribution is -1.83. The van der Waals surface area contributed by atoms with E-state index in [0.29, 0.717) is 0 Å². The van der Waals surface area contributed by atoms with Crippen molar-refractivity contribution in [2.45, 2.75) is 0 Å². The van der Waals surface area contributed by atoms with E-state index >= 15 is 0 Å². The quantitative estimate of drug-likeness (QED) is 0.499. The summed E-state index contributed by atoms with van der Waals surface area (Å²) in [4.78, 5) is 4.58. The molecule has 0 bridgehead atoms. The Kier molecular flexibility index (Phi) is 2.41. The van der Waals surface area contributed by atoms with Gasteiger partial charge in [0.05, 0.1) is 10.2 Å². The van der Waals surface area contributed by atoms with Gasteiger partial charge in [0.2, 0.25) is 0 Å². The summed E-state index contributed by atoms with van der Waals surface area (Å²) in [6.07, 6.45) is 2.04. The normalized spacial score (nSPS) is 11.5. The SMILES string of the molecule is Cn1ccc2cc(-c3nc4ccc(F)cc4s3)ccc21. The summed E-state index contributed by atoms with van der Waals surface area (Å²) in [5.74, 6) is -0.216. The molecule has 0 saturated carbocycles. The van der Waals surface area contributed by atoms with Crippen molar-refractivity contribution in [3.05, 3.63) is 54.5 Å². The van der Waals surface area contributed by atoms with Gasteiger partial charge in [0.15, 0.2) is 0 Å². The monoisotopic (exact) mass is 282 g/mol. The molecule has 20 heavy (non-hydrogen) atoms. The summed E-state index contributed by atoms with van der Waals surface area (Å²) in [5, 5.41) is 2.12. The molecule has 4 rings (SSSR count). The summed E-state index contributed by atoms with van der Waals surface area (Å²) in [6.45, 7) is 0. The molecule has 2 aromatic carbocycles. The van der Waals surface area contributed by atoms with Crippen LogP contribution in [-0.4, -0.2) is 9.55 Å². The maximum atomic E-state index is 13.2. The molecule has 0 atom stereocenters. The first kappa shape index (κ1) is 11.6. The number of halogens is 1. The Morgan fingerprint density at radius 3 is 2.90 bits per heavy atom. The van der Waals surface area contributed by atoms with E-state index in [4.69, 9.17) is 0 Å². The van der Waals surface area contributed by atoms with Gasteiger partial charge >= 0.3 is 0 Å². The molecule has 0 amide bonds. The molecule has 0 spiro atoms. The molecule has 0 aliphatic heterocycles. The molecular weight excluding hydrogens is 271 g/mol. The molecule has 0 N–H and O–H groups in total. The lowest BCUT2D eigenvalue weighted by Gasteiger charge is -1.99. The average Bonchev–Trinajstić information content (AvgIpc) is 3.02. The molecule has 0 aliphatic rings. The highest BCUT2D eigenvalue weighted by Gasteiger charge is 2.08. The van der Waals surface area contributed by atoms with Gasteiger partial charge in [-0.05, 0) is 42.5 Å². The molecule has 98 valence electrons. The molecule has 0 radical (unpaired) electrons. The van der Waals surface area contributed by atoms with Gasteiger partial charge in [-0.15, -0.1) is 11.3 Å². The fourth-order valence-corrected chi connectivity index (χ4v) is 3.42. The van der Waals surface area contributed by atoms with Crippen LogP contribution in [0.3, 0.4) is 0 Å². The minimum Gasteiger partial charge on any atom is -0.351 e. The minimum absolute atomic E-state index is 0.216.